The van der Waals surface area contributed by atoms with Gasteiger partial charge in [0.1, 0.15) is 5.75 Å². The molecule has 2 atom stereocenters. The number of carboxylic acids is 1. The van der Waals surface area contributed by atoms with Crippen molar-refractivity contribution < 1.29 is 24.2 Å². The Labute approximate surface area is 124 Å². The van der Waals surface area contributed by atoms with Gasteiger partial charge in [-0.25, -0.2) is 4.79 Å². The zero-order valence-electron chi connectivity index (χ0n) is 12.5. The molecule has 0 aliphatic rings. The lowest BCUT2D eigenvalue weighted by Crippen LogP contribution is -2.39. The number of rotatable bonds is 8. The molecule has 0 fully saturated rings. The van der Waals surface area contributed by atoms with Crippen molar-refractivity contribution in [1.29, 1.82) is 0 Å². The predicted molar refractivity (Wildman–Crippen MR) is 77.5 cm³/mol. The first kappa shape index (κ1) is 17.0. The van der Waals surface area contributed by atoms with Crippen LogP contribution in [0.5, 0.6) is 5.75 Å². The summed E-state index contributed by atoms with van der Waals surface area (Å²) in [6.07, 6.45) is -0.426. The van der Waals surface area contributed by atoms with E-state index in [2.05, 4.69) is 5.32 Å². The number of methoxy groups -OCH3 is 2. The van der Waals surface area contributed by atoms with Gasteiger partial charge >= 0.3 is 5.97 Å². The average Bonchev–Trinajstić information content (AvgIpc) is 2.49. The minimum Gasteiger partial charge on any atom is -0.497 e. The van der Waals surface area contributed by atoms with Crippen LogP contribution in [0.2, 0.25) is 0 Å². The van der Waals surface area contributed by atoms with Gasteiger partial charge in [-0.15, -0.1) is 0 Å². The molecular weight excluding hydrogens is 274 g/mol. The normalized spacial score (nSPS) is 13.3. The fraction of sp³-hybridized carbons (Fsp3) is 0.467. The first-order valence-corrected chi connectivity index (χ1v) is 6.70. The van der Waals surface area contributed by atoms with Crippen molar-refractivity contribution in [2.75, 3.05) is 20.8 Å². The minimum absolute atomic E-state index is 0.0582. The number of carbonyl (C=O) groups excluding carboxylic acids is 1. The molecule has 116 valence electrons. The Hall–Kier alpha value is -2.08. The van der Waals surface area contributed by atoms with Crippen LogP contribution in [-0.4, -0.2) is 43.9 Å². The molecule has 2 unspecified atom stereocenters. The molecule has 0 aliphatic heterocycles. The molecule has 1 aromatic carbocycles. The molecule has 0 radical (unpaired) electrons. The van der Waals surface area contributed by atoms with E-state index in [-0.39, 0.29) is 18.4 Å². The second-order valence-corrected chi connectivity index (χ2v) is 4.54. The summed E-state index contributed by atoms with van der Waals surface area (Å²) in [5.74, 6) is -0.928. The van der Waals surface area contributed by atoms with Crippen molar-refractivity contribution in [2.24, 2.45) is 0 Å². The number of hydrogen-bond acceptors (Lipinski definition) is 4. The van der Waals surface area contributed by atoms with Crippen LogP contribution in [0.15, 0.2) is 24.3 Å². The molecule has 0 spiro atoms. The number of carboxylic acid groups (broad SMARTS) is 1. The van der Waals surface area contributed by atoms with Crippen LogP contribution in [-0.2, 0) is 14.3 Å². The van der Waals surface area contributed by atoms with E-state index in [0.717, 1.165) is 11.3 Å². The number of carbonyl (C=O) groups is 2. The number of aliphatic carboxylic acids is 1. The Morgan fingerprint density at radius 1 is 1.24 bits per heavy atom. The van der Waals surface area contributed by atoms with Gasteiger partial charge in [-0.1, -0.05) is 19.1 Å². The van der Waals surface area contributed by atoms with E-state index in [1.165, 1.54) is 7.11 Å². The number of benzene rings is 1. The highest BCUT2D eigenvalue weighted by Crippen LogP contribution is 2.22. The highest BCUT2D eigenvalue weighted by Gasteiger charge is 2.22. The molecule has 6 heteroatoms. The largest absolute Gasteiger partial charge is 0.497 e. The van der Waals surface area contributed by atoms with Crippen LogP contribution < -0.4 is 10.1 Å². The molecule has 1 rings (SSSR count). The molecule has 0 bridgehead atoms. The summed E-state index contributed by atoms with van der Waals surface area (Å²) < 4.78 is 9.86. The molecular formula is C15H21NO5. The van der Waals surface area contributed by atoms with Gasteiger partial charge in [-0.3, -0.25) is 4.79 Å². The fourth-order valence-corrected chi connectivity index (χ4v) is 2.00. The van der Waals surface area contributed by atoms with Crippen molar-refractivity contribution in [1.82, 2.24) is 5.32 Å². The van der Waals surface area contributed by atoms with E-state index in [1.54, 1.807) is 19.2 Å². The zero-order valence-corrected chi connectivity index (χ0v) is 12.5. The Morgan fingerprint density at radius 2 is 1.86 bits per heavy atom. The maximum Gasteiger partial charge on any atom is 0.334 e. The van der Waals surface area contributed by atoms with Crippen molar-refractivity contribution in [3.05, 3.63) is 29.8 Å². The monoisotopic (exact) mass is 295 g/mol. The molecule has 0 saturated carbocycles. The fourth-order valence-electron chi connectivity index (χ4n) is 2.00. The number of nitrogens with one attached hydrogen (secondary N) is 1. The van der Waals surface area contributed by atoms with Crippen molar-refractivity contribution in [3.63, 3.8) is 0 Å². The summed E-state index contributed by atoms with van der Waals surface area (Å²) in [4.78, 5) is 23.0. The smallest absolute Gasteiger partial charge is 0.334 e. The summed E-state index contributed by atoms with van der Waals surface area (Å²) in [5.41, 5.74) is 0.861. The SMILES string of the molecule is CCC(C(=O)NCC(OC)C(=O)O)c1ccc(OC)cc1. The van der Waals surface area contributed by atoms with Gasteiger partial charge in [0, 0.05) is 7.11 Å². The Morgan fingerprint density at radius 3 is 2.29 bits per heavy atom. The molecule has 0 saturated heterocycles. The summed E-state index contributed by atoms with van der Waals surface area (Å²) in [7, 11) is 2.88. The second-order valence-electron chi connectivity index (χ2n) is 4.54. The van der Waals surface area contributed by atoms with Gasteiger partial charge in [-0.2, -0.15) is 0 Å². The van der Waals surface area contributed by atoms with E-state index in [0.29, 0.717) is 6.42 Å². The van der Waals surface area contributed by atoms with Gasteiger partial charge in [0.25, 0.3) is 0 Å². The highest BCUT2D eigenvalue weighted by atomic mass is 16.5. The van der Waals surface area contributed by atoms with Gasteiger partial charge in [0.2, 0.25) is 5.91 Å². The Bertz CT molecular complexity index is 471. The first-order valence-electron chi connectivity index (χ1n) is 6.70. The zero-order chi connectivity index (χ0) is 15.8. The second kappa shape index (κ2) is 8.26. The Balaban J connectivity index is 2.70. The average molecular weight is 295 g/mol. The molecule has 6 nitrogen and oxygen atoms in total. The third kappa shape index (κ3) is 4.75. The number of amides is 1. The van der Waals surface area contributed by atoms with Crippen LogP contribution in [0.3, 0.4) is 0 Å². The van der Waals surface area contributed by atoms with Crippen molar-refractivity contribution in [2.45, 2.75) is 25.4 Å². The van der Waals surface area contributed by atoms with E-state index in [4.69, 9.17) is 14.6 Å². The standard InChI is InChI=1S/C15H21NO5/c1-4-12(10-5-7-11(20-2)8-6-10)14(17)16-9-13(21-3)15(18)19/h5-8,12-13H,4,9H2,1-3H3,(H,16,17)(H,18,19). The molecule has 0 aromatic heterocycles. The summed E-state index contributed by atoms with van der Waals surface area (Å²) in [6.45, 7) is 1.84. The summed E-state index contributed by atoms with van der Waals surface area (Å²) >= 11 is 0. The minimum atomic E-state index is -1.10. The van der Waals surface area contributed by atoms with Crippen molar-refractivity contribution in [3.8, 4) is 5.75 Å². The van der Waals surface area contributed by atoms with Gasteiger partial charge in [0.15, 0.2) is 6.10 Å². The quantitative estimate of drug-likeness (QED) is 0.757. The topological polar surface area (TPSA) is 84.9 Å². The highest BCUT2D eigenvalue weighted by molar-refractivity contribution is 5.84. The van der Waals surface area contributed by atoms with Gasteiger partial charge in [0.05, 0.1) is 19.6 Å². The van der Waals surface area contributed by atoms with Crippen LogP contribution >= 0.6 is 0 Å². The van der Waals surface area contributed by atoms with Crippen molar-refractivity contribution >= 4 is 11.9 Å². The first-order chi connectivity index (χ1) is 10.0. The third-order valence-corrected chi connectivity index (χ3v) is 3.26. The van der Waals surface area contributed by atoms with E-state index in [9.17, 15) is 9.59 Å². The van der Waals surface area contributed by atoms with Gasteiger partial charge < -0.3 is 19.9 Å². The van der Waals surface area contributed by atoms with E-state index in [1.807, 2.05) is 19.1 Å². The third-order valence-electron chi connectivity index (χ3n) is 3.26. The van der Waals surface area contributed by atoms with E-state index >= 15 is 0 Å². The molecule has 1 aromatic rings. The molecule has 2 N–H and O–H groups in total. The lowest BCUT2D eigenvalue weighted by Gasteiger charge is -2.17. The molecule has 1 amide bonds. The summed E-state index contributed by atoms with van der Waals surface area (Å²) in [5, 5.41) is 11.5. The lowest BCUT2D eigenvalue weighted by atomic mass is 9.95. The van der Waals surface area contributed by atoms with Crippen LogP contribution in [0.1, 0.15) is 24.8 Å². The van der Waals surface area contributed by atoms with Crippen LogP contribution in [0, 0.1) is 0 Å². The van der Waals surface area contributed by atoms with Crippen LogP contribution in [0.25, 0.3) is 0 Å². The maximum atomic E-state index is 12.2. The molecule has 0 aliphatic carbocycles. The maximum absolute atomic E-state index is 12.2. The van der Waals surface area contributed by atoms with Crippen LogP contribution in [0.4, 0.5) is 0 Å². The molecule has 21 heavy (non-hydrogen) atoms. The molecule has 0 heterocycles. The Kier molecular flexibility index (Phi) is 6.68. The number of ether oxygens (including phenoxy) is 2. The lowest BCUT2D eigenvalue weighted by molar-refractivity contribution is -0.148. The summed E-state index contributed by atoms with van der Waals surface area (Å²) in [6, 6.07) is 7.25. The predicted octanol–water partition coefficient (Wildman–Crippen LogP) is 1.40. The number of hydrogen-bond donors (Lipinski definition) is 2. The van der Waals surface area contributed by atoms with Gasteiger partial charge in [-0.05, 0) is 24.1 Å². The van der Waals surface area contributed by atoms with E-state index < -0.39 is 12.1 Å².